The Kier molecular flexibility index (Phi) is 5.03. The molecule has 0 radical (unpaired) electrons. The van der Waals surface area contributed by atoms with Gasteiger partial charge in [-0.3, -0.25) is 24.1 Å². The van der Waals surface area contributed by atoms with Crippen LogP contribution in [-0.2, 0) is 14.4 Å². The molecular weight excluding hydrogens is 362 g/mol. The molecule has 3 rings (SSSR count). The molecule has 2 aliphatic rings. The van der Waals surface area contributed by atoms with Crippen LogP contribution in [0.3, 0.4) is 0 Å². The Balaban J connectivity index is 1.54. The number of hydrogen-bond donors (Lipinski definition) is 1. The van der Waals surface area contributed by atoms with Crippen molar-refractivity contribution in [2.24, 2.45) is 0 Å². The molecule has 10 heteroatoms. The summed E-state index contributed by atoms with van der Waals surface area (Å²) < 4.78 is 0. The number of carbonyl (C=O) groups is 5. The maximum atomic E-state index is 12.4. The number of rotatable bonds is 4. The number of piperazine rings is 1. The fraction of sp³-hybridized carbons (Fsp3) is 0.438. The predicted molar refractivity (Wildman–Crippen MR) is 89.7 cm³/mol. The molecule has 1 aromatic heterocycles. The van der Waals surface area contributed by atoms with Crippen LogP contribution in [-0.4, -0.2) is 82.1 Å². The zero-order chi connectivity index (χ0) is 18.8. The predicted octanol–water partition coefficient (Wildman–Crippen LogP) is -0.120. The number of nitrogens with zero attached hydrogens (tertiary/aromatic N) is 3. The topological polar surface area (TPSA) is 115 Å². The van der Waals surface area contributed by atoms with Gasteiger partial charge in [-0.15, -0.1) is 11.3 Å². The van der Waals surface area contributed by atoms with Crippen molar-refractivity contribution in [2.75, 3.05) is 32.7 Å². The van der Waals surface area contributed by atoms with Crippen LogP contribution < -0.4 is 0 Å². The Hall–Kier alpha value is -2.75. The molecule has 0 unspecified atom stereocenters. The van der Waals surface area contributed by atoms with Crippen molar-refractivity contribution in [1.29, 1.82) is 0 Å². The van der Waals surface area contributed by atoms with Crippen LogP contribution in [0.5, 0.6) is 0 Å². The summed E-state index contributed by atoms with van der Waals surface area (Å²) in [7, 11) is 0. The van der Waals surface area contributed by atoms with E-state index >= 15 is 0 Å². The molecule has 26 heavy (non-hydrogen) atoms. The highest BCUT2D eigenvalue weighted by atomic mass is 32.1. The van der Waals surface area contributed by atoms with E-state index in [4.69, 9.17) is 5.11 Å². The second kappa shape index (κ2) is 7.24. The van der Waals surface area contributed by atoms with E-state index in [0.29, 0.717) is 31.1 Å². The van der Waals surface area contributed by atoms with E-state index in [1.807, 2.05) is 0 Å². The van der Waals surface area contributed by atoms with Crippen LogP contribution in [0.25, 0.3) is 0 Å². The Morgan fingerprint density at radius 2 is 1.46 bits per heavy atom. The smallest absolute Gasteiger partial charge is 0.345 e. The summed E-state index contributed by atoms with van der Waals surface area (Å²) in [6.45, 7) is 0.980. The van der Waals surface area contributed by atoms with Gasteiger partial charge in [-0.2, -0.15) is 0 Å². The minimum Gasteiger partial charge on any atom is -0.477 e. The molecule has 1 N–H and O–H groups in total. The second-order valence-corrected chi connectivity index (χ2v) is 7.10. The van der Waals surface area contributed by atoms with E-state index in [9.17, 15) is 24.0 Å². The number of aromatic carboxylic acids is 1. The van der Waals surface area contributed by atoms with Crippen LogP contribution in [0.4, 0.5) is 0 Å². The molecule has 0 saturated carbocycles. The van der Waals surface area contributed by atoms with Crippen LogP contribution in [0.1, 0.15) is 32.2 Å². The van der Waals surface area contributed by atoms with Crippen LogP contribution in [0, 0.1) is 0 Å². The highest BCUT2D eigenvalue weighted by molar-refractivity contribution is 7.15. The summed E-state index contributed by atoms with van der Waals surface area (Å²) in [5, 5.41) is 8.93. The van der Waals surface area contributed by atoms with E-state index in [1.54, 1.807) is 4.90 Å². The number of thiophene rings is 1. The molecule has 9 nitrogen and oxygen atoms in total. The SMILES string of the molecule is O=C(O)c1ccc(C(=O)N2CCN(C(=O)CN3C(=O)CCC3=O)CC2)s1. The van der Waals surface area contributed by atoms with Crippen molar-refractivity contribution in [3.05, 3.63) is 21.9 Å². The Labute approximate surface area is 152 Å². The lowest BCUT2D eigenvalue weighted by Crippen LogP contribution is -2.53. The van der Waals surface area contributed by atoms with Crippen molar-refractivity contribution in [3.63, 3.8) is 0 Å². The van der Waals surface area contributed by atoms with Crippen LogP contribution >= 0.6 is 11.3 Å². The first-order valence-corrected chi connectivity index (χ1v) is 8.92. The maximum Gasteiger partial charge on any atom is 0.345 e. The van der Waals surface area contributed by atoms with Crippen molar-refractivity contribution in [3.8, 4) is 0 Å². The molecular formula is C16H17N3O6S. The van der Waals surface area contributed by atoms with Crippen LogP contribution in [0.15, 0.2) is 12.1 Å². The van der Waals surface area contributed by atoms with E-state index in [0.717, 1.165) is 16.2 Å². The standard InChI is InChI=1S/C16H17N3O6S/c20-12-3-4-13(21)19(12)9-14(22)17-5-7-18(8-6-17)15(23)10-1-2-11(26-10)16(24)25/h1-2H,3-9H2,(H,24,25). The average Bonchev–Trinajstić information content (AvgIpc) is 3.24. The van der Waals surface area contributed by atoms with Gasteiger partial charge >= 0.3 is 5.97 Å². The molecule has 2 fully saturated rings. The molecule has 138 valence electrons. The first-order valence-electron chi connectivity index (χ1n) is 8.10. The van der Waals surface area contributed by atoms with Crippen molar-refractivity contribution < 1.29 is 29.1 Å². The highest BCUT2D eigenvalue weighted by Gasteiger charge is 2.33. The van der Waals surface area contributed by atoms with Crippen LogP contribution in [0.2, 0.25) is 0 Å². The second-order valence-electron chi connectivity index (χ2n) is 6.02. The molecule has 2 saturated heterocycles. The number of likely N-dealkylation sites (tertiary alicyclic amines) is 1. The van der Waals surface area contributed by atoms with Gasteiger partial charge in [-0.25, -0.2) is 4.79 Å². The van der Waals surface area contributed by atoms with Gasteiger partial charge in [0.2, 0.25) is 17.7 Å². The number of carboxylic acid groups (broad SMARTS) is 1. The third-order valence-corrected chi connectivity index (χ3v) is 5.46. The summed E-state index contributed by atoms with van der Waals surface area (Å²) in [6.07, 6.45) is 0.293. The van der Waals surface area contributed by atoms with Gasteiger partial charge in [0.05, 0.1) is 4.88 Å². The molecule has 4 amide bonds. The normalized spacial score (nSPS) is 17.8. The first kappa shape index (κ1) is 18.1. The third kappa shape index (κ3) is 3.59. The van der Waals surface area contributed by atoms with Crippen molar-refractivity contribution in [2.45, 2.75) is 12.8 Å². The number of hydrogen-bond acceptors (Lipinski definition) is 6. The van der Waals surface area contributed by atoms with Gasteiger partial charge in [0, 0.05) is 39.0 Å². The molecule has 1 aromatic rings. The van der Waals surface area contributed by atoms with Gasteiger partial charge in [-0.05, 0) is 12.1 Å². The average molecular weight is 379 g/mol. The van der Waals surface area contributed by atoms with Gasteiger partial charge in [0.25, 0.3) is 5.91 Å². The van der Waals surface area contributed by atoms with Crippen molar-refractivity contribution >= 4 is 40.9 Å². The number of carbonyl (C=O) groups excluding carboxylic acids is 4. The lowest BCUT2D eigenvalue weighted by Gasteiger charge is -2.35. The van der Waals surface area contributed by atoms with Gasteiger partial charge < -0.3 is 14.9 Å². The lowest BCUT2D eigenvalue weighted by atomic mass is 10.2. The van der Waals surface area contributed by atoms with Crippen molar-refractivity contribution in [1.82, 2.24) is 14.7 Å². The summed E-state index contributed by atoms with van der Waals surface area (Å²) in [5.74, 6) is -2.31. The summed E-state index contributed by atoms with van der Waals surface area (Å²) >= 11 is 0.919. The Morgan fingerprint density at radius 3 is 2.00 bits per heavy atom. The zero-order valence-electron chi connectivity index (χ0n) is 13.8. The largest absolute Gasteiger partial charge is 0.477 e. The van der Waals surface area contributed by atoms with Gasteiger partial charge in [-0.1, -0.05) is 0 Å². The quantitative estimate of drug-likeness (QED) is 0.730. The molecule has 0 bridgehead atoms. The molecule has 0 aliphatic carbocycles. The molecule has 0 atom stereocenters. The number of carboxylic acids is 1. The minimum absolute atomic E-state index is 0.0992. The summed E-state index contributed by atoms with van der Waals surface area (Å²) in [6, 6.07) is 2.88. The number of amides is 4. The summed E-state index contributed by atoms with van der Waals surface area (Å²) in [5.41, 5.74) is 0. The highest BCUT2D eigenvalue weighted by Crippen LogP contribution is 2.19. The maximum absolute atomic E-state index is 12.4. The fourth-order valence-electron chi connectivity index (χ4n) is 2.92. The fourth-order valence-corrected chi connectivity index (χ4v) is 3.73. The molecule has 0 spiro atoms. The molecule has 0 aromatic carbocycles. The first-order chi connectivity index (χ1) is 12.4. The third-order valence-electron chi connectivity index (χ3n) is 4.40. The van der Waals surface area contributed by atoms with E-state index < -0.39 is 5.97 Å². The molecule has 3 heterocycles. The Morgan fingerprint density at radius 1 is 0.923 bits per heavy atom. The number of imide groups is 1. The van der Waals surface area contributed by atoms with E-state index in [-0.39, 0.29) is 47.9 Å². The van der Waals surface area contributed by atoms with E-state index in [1.165, 1.54) is 17.0 Å². The molecule has 2 aliphatic heterocycles. The van der Waals surface area contributed by atoms with E-state index in [2.05, 4.69) is 0 Å². The zero-order valence-corrected chi connectivity index (χ0v) is 14.7. The van der Waals surface area contributed by atoms with Gasteiger partial charge in [0.15, 0.2) is 0 Å². The monoisotopic (exact) mass is 379 g/mol. The summed E-state index contributed by atoms with van der Waals surface area (Å²) in [4.78, 5) is 63.3. The minimum atomic E-state index is -1.07. The Bertz CT molecular complexity index is 765. The lowest BCUT2D eigenvalue weighted by molar-refractivity contribution is -0.146. The van der Waals surface area contributed by atoms with Gasteiger partial charge in [0.1, 0.15) is 11.4 Å².